The quantitative estimate of drug-likeness (QED) is 0.644. The zero-order chi connectivity index (χ0) is 19.1. The fraction of sp³-hybridized carbons (Fsp3) is 0.0952. The van der Waals surface area contributed by atoms with Crippen molar-refractivity contribution >= 4 is 27.1 Å². The van der Waals surface area contributed by atoms with E-state index in [1.54, 1.807) is 36.4 Å². The van der Waals surface area contributed by atoms with Crippen LogP contribution >= 0.6 is 0 Å². The second kappa shape index (κ2) is 8.39. The highest BCUT2D eigenvalue weighted by atomic mass is 32.2. The molecule has 3 aromatic carbocycles. The van der Waals surface area contributed by atoms with Gasteiger partial charge in [-0.3, -0.25) is 4.72 Å². The largest absolute Gasteiger partial charge is 0.354 e. The molecular weight excluding hydrogens is 358 g/mol. The summed E-state index contributed by atoms with van der Waals surface area (Å²) in [5.74, 6) is 0.0204. The molecule has 6 heteroatoms. The number of hydrogen-bond donors (Lipinski definition) is 2. The molecule has 136 valence electrons. The van der Waals surface area contributed by atoms with Gasteiger partial charge in [-0.2, -0.15) is 5.26 Å². The van der Waals surface area contributed by atoms with Crippen molar-refractivity contribution in [2.24, 2.45) is 0 Å². The Labute approximate surface area is 159 Å². The molecule has 0 aliphatic carbocycles. The third-order valence-electron chi connectivity index (χ3n) is 3.99. The summed E-state index contributed by atoms with van der Waals surface area (Å²) in [5, 5.41) is 12.3. The number of nitriles is 1. The lowest BCUT2D eigenvalue weighted by Crippen LogP contribution is -2.18. The first kappa shape index (κ1) is 18.5. The number of aryl methyl sites for hydroxylation is 1. The first-order chi connectivity index (χ1) is 13.1. The molecule has 0 bridgehead atoms. The van der Waals surface area contributed by atoms with E-state index in [1.165, 1.54) is 0 Å². The van der Waals surface area contributed by atoms with Gasteiger partial charge in [0.1, 0.15) is 6.07 Å². The molecule has 0 fully saturated rings. The smallest absolute Gasteiger partial charge is 0.233 e. The second-order valence-electron chi connectivity index (χ2n) is 6.02. The third kappa shape index (κ3) is 5.33. The van der Waals surface area contributed by atoms with Gasteiger partial charge in [0.15, 0.2) is 0 Å². The fourth-order valence-electron chi connectivity index (χ4n) is 2.59. The lowest BCUT2D eigenvalue weighted by molar-refractivity contribution is 0.600. The van der Waals surface area contributed by atoms with Crippen LogP contribution in [0.3, 0.4) is 0 Å². The van der Waals surface area contributed by atoms with E-state index in [1.807, 2.05) is 42.5 Å². The summed E-state index contributed by atoms with van der Waals surface area (Å²) in [6, 6.07) is 25.8. The lowest BCUT2D eigenvalue weighted by atomic mass is 10.2. The van der Waals surface area contributed by atoms with Crippen molar-refractivity contribution < 1.29 is 8.42 Å². The molecule has 0 saturated heterocycles. The molecule has 0 atom stereocenters. The number of hydrogen-bond acceptors (Lipinski definition) is 4. The number of benzene rings is 3. The Balaban J connectivity index is 1.62. The van der Waals surface area contributed by atoms with Gasteiger partial charge in [-0.05, 0) is 48.4 Å². The molecule has 2 N–H and O–H groups in total. The molecule has 5 nitrogen and oxygen atoms in total. The van der Waals surface area contributed by atoms with Crippen LogP contribution in [0.15, 0.2) is 78.9 Å². The van der Waals surface area contributed by atoms with Gasteiger partial charge < -0.3 is 5.32 Å². The molecule has 0 unspecified atom stereocenters. The topological polar surface area (TPSA) is 82.0 Å². The maximum Gasteiger partial charge on any atom is 0.233 e. The Morgan fingerprint density at radius 3 is 2.15 bits per heavy atom. The SMILES string of the molecule is N#Cc1ccccc1Nc1ccc(NS(=O)(=O)CCc2ccccc2)cc1. The zero-order valence-corrected chi connectivity index (χ0v) is 15.4. The summed E-state index contributed by atoms with van der Waals surface area (Å²) < 4.78 is 27.1. The van der Waals surface area contributed by atoms with Crippen LogP contribution < -0.4 is 10.0 Å². The van der Waals surface area contributed by atoms with Crippen molar-refractivity contribution in [2.75, 3.05) is 15.8 Å². The second-order valence-corrected chi connectivity index (χ2v) is 7.86. The number of sulfonamides is 1. The normalized spacial score (nSPS) is 10.8. The van der Waals surface area contributed by atoms with E-state index in [0.717, 1.165) is 11.3 Å². The van der Waals surface area contributed by atoms with Gasteiger partial charge in [0.2, 0.25) is 10.0 Å². The monoisotopic (exact) mass is 377 g/mol. The average molecular weight is 377 g/mol. The highest BCUT2D eigenvalue weighted by Crippen LogP contribution is 2.22. The Morgan fingerprint density at radius 1 is 0.815 bits per heavy atom. The van der Waals surface area contributed by atoms with Crippen molar-refractivity contribution in [3.63, 3.8) is 0 Å². The molecule has 0 aliphatic rings. The molecule has 0 radical (unpaired) electrons. The average Bonchev–Trinajstić information content (AvgIpc) is 2.69. The molecule has 27 heavy (non-hydrogen) atoms. The Kier molecular flexibility index (Phi) is 5.74. The summed E-state index contributed by atoms with van der Waals surface area (Å²) >= 11 is 0. The fourth-order valence-corrected chi connectivity index (χ4v) is 3.70. The van der Waals surface area contributed by atoms with E-state index < -0.39 is 10.0 Å². The highest BCUT2D eigenvalue weighted by Gasteiger charge is 2.11. The van der Waals surface area contributed by atoms with Crippen molar-refractivity contribution in [3.05, 3.63) is 90.0 Å². The summed E-state index contributed by atoms with van der Waals surface area (Å²) in [7, 11) is -3.43. The van der Waals surface area contributed by atoms with Crippen LogP contribution in [0.2, 0.25) is 0 Å². The van der Waals surface area contributed by atoms with Crippen LogP contribution in [0.5, 0.6) is 0 Å². The summed E-state index contributed by atoms with van der Waals surface area (Å²) in [6.07, 6.45) is 0.459. The Morgan fingerprint density at radius 2 is 1.44 bits per heavy atom. The molecular formula is C21H19N3O2S. The predicted octanol–water partition coefficient (Wildman–Crippen LogP) is 4.29. The minimum atomic E-state index is -3.43. The van der Waals surface area contributed by atoms with E-state index >= 15 is 0 Å². The van der Waals surface area contributed by atoms with Crippen molar-refractivity contribution in [1.29, 1.82) is 5.26 Å². The van der Waals surface area contributed by atoms with Gasteiger partial charge in [0.05, 0.1) is 17.0 Å². The molecule has 0 saturated carbocycles. The van der Waals surface area contributed by atoms with Gasteiger partial charge in [-0.25, -0.2) is 8.42 Å². The lowest BCUT2D eigenvalue weighted by Gasteiger charge is -2.11. The van der Waals surface area contributed by atoms with Gasteiger partial charge in [-0.15, -0.1) is 0 Å². The molecule has 0 aliphatic heterocycles. The van der Waals surface area contributed by atoms with Crippen molar-refractivity contribution in [1.82, 2.24) is 0 Å². The summed E-state index contributed by atoms with van der Waals surface area (Å²) in [6.45, 7) is 0. The number of anilines is 3. The molecule has 0 amide bonds. The van der Waals surface area contributed by atoms with Gasteiger partial charge in [0, 0.05) is 11.4 Å². The Hall–Kier alpha value is -3.30. The van der Waals surface area contributed by atoms with Crippen molar-refractivity contribution in [3.8, 4) is 6.07 Å². The molecule has 0 aromatic heterocycles. The Bertz CT molecular complexity index is 1040. The first-order valence-corrected chi connectivity index (χ1v) is 10.1. The van der Waals surface area contributed by atoms with Crippen LogP contribution in [0, 0.1) is 11.3 Å². The van der Waals surface area contributed by atoms with Gasteiger partial charge in [-0.1, -0.05) is 42.5 Å². The van der Waals surface area contributed by atoms with E-state index in [4.69, 9.17) is 5.26 Å². The molecule has 3 aromatic rings. The van der Waals surface area contributed by atoms with Crippen molar-refractivity contribution in [2.45, 2.75) is 6.42 Å². The molecule has 3 rings (SSSR count). The summed E-state index contributed by atoms with van der Waals surface area (Å²) in [4.78, 5) is 0. The minimum absolute atomic E-state index is 0.0204. The van der Waals surface area contributed by atoms with Crippen LogP contribution in [-0.2, 0) is 16.4 Å². The standard InChI is InChI=1S/C21H19N3O2S/c22-16-18-8-4-5-9-21(18)23-19-10-12-20(13-11-19)24-27(25,26)15-14-17-6-2-1-3-7-17/h1-13,23-24H,14-15H2. The molecule has 0 spiro atoms. The van der Waals surface area contributed by atoms with E-state index in [9.17, 15) is 8.42 Å². The number of para-hydroxylation sites is 1. The maximum atomic E-state index is 12.3. The van der Waals surface area contributed by atoms with E-state index in [0.29, 0.717) is 23.4 Å². The van der Waals surface area contributed by atoms with E-state index in [2.05, 4.69) is 16.1 Å². The maximum absolute atomic E-state index is 12.3. The van der Waals surface area contributed by atoms with Crippen LogP contribution in [0.25, 0.3) is 0 Å². The summed E-state index contributed by atoms with van der Waals surface area (Å²) in [5.41, 5.74) is 3.50. The number of nitrogens with one attached hydrogen (secondary N) is 2. The van der Waals surface area contributed by atoms with E-state index in [-0.39, 0.29) is 5.75 Å². The van der Waals surface area contributed by atoms with Gasteiger partial charge >= 0.3 is 0 Å². The predicted molar refractivity (Wildman–Crippen MR) is 108 cm³/mol. The third-order valence-corrected chi connectivity index (χ3v) is 5.28. The number of nitrogens with zero attached hydrogens (tertiary/aromatic N) is 1. The van der Waals surface area contributed by atoms with Crippen LogP contribution in [-0.4, -0.2) is 14.2 Å². The first-order valence-electron chi connectivity index (χ1n) is 8.46. The number of rotatable bonds is 7. The molecule has 0 heterocycles. The van der Waals surface area contributed by atoms with Gasteiger partial charge in [0.25, 0.3) is 0 Å². The minimum Gasteiger partial charge on any atom is -0.354 e. The zero-order valence-electron chi connectivity index (χ0n) is 14.6. The van der Waals surface area contributed by atoms with Crippen LogP contribution in [0.1, 0.15) is 11.1 Å². The highest BCUT2D eigenvalue weighted by molar-refractivity contribution is 7.92. The van der Waals surface area contributed by atoms with Crippen LogP contribution in [0.4, 0.5) is 17.1 Å².